The molecule has 1 saturated heterocycles. The molecular formula is C21H21NO3S2. The van der Waals surface area contributed by atoms with E-state index in [1.54, 1.807) is 0 Å². The predicted octanol–water partition coefficient (Wildman–Crippen LogP) is 4.64. The maximum atomic E-state index is 11.9. The van der Waals surface area contributed by atoms with Gasteiger partial charge < -0.3 is 14.8 Å². The fourth-order valence-corrected chi connectivity index (χ4v) is 3.65. The highest BCUT2D eigenvalue weighted by atomic mass is 32.2. The first kappa shape index (κ1) is 19.5. The number of carbonyl (C=O) groups is 1. The standard InChI is InChI=1S/C21H21NO3S2/c1-14-5-3-6-17(12-14)24-9-4-10-25-18-8-7-15(2)11-16(18)13-19-20(23)22-21(26)27-19/h3,5-8,11-13H,4,9-10H2,1-2H3,(H,22,23,26). The van der Waals surface area contributed by atoms with Crippen LogP contribution < -0.4 is 14.8 Å². The van der Waals surface area contributed by atoms with Crippen molar-refractivity contribution in [2.75, 3.05) is 13.2 Å². The molecule has 27 heavy (non-hydrogen) atoms. The second-order valence-corrected chi connectivity index (χ2v) is 7.98. The number of hydrogen-bond acceptors (Lipinski definition) is 5. The van der Waals surface area contributed by atoms with E-state index in [0.29, 0.717) is 22.4 Å². The number of hydrogen-bond donors (Lipinski definition) is 1. The molecule has 2 aromatic rings. The monoisotopic (exact) mass is 399 g/mol. The van der Waals surface area contributed by atoms with Crippen molar-refractivity contribution in [2.24, 2.45) is 0 Å². The van der Waals surface area contributed by atoms with Crippen LogP contribution in [0.15, 0.2) is 47.4 Å². The van der Waals surface area contributed by atoms with Gasteiger partial charge in [0.05, 0.1) is 18.1 Å². The number of benzene rings is 2. The van der Waals surface area contributed by atoms with Gasteiger partial charge >= 0.3 is 0 Å². The topological polar surface area (TPSA) is 47.6 Å². The molecule has 0 saturated carbocycles. The Hall–Kier alpha value is -2.31. The van der Waals surface area contributed by atoms with Gasteiger partial charge in [0, 0.05) is 12.0 Å². The summed E-state index contributed by atoms with van der Waals surface area (Å²) in [7, 11) is 0. The Morgan fingerprint density at radius 2 is 1.85 bits per heavy atom. The average Bonchev–Trinajstić information content (AvgIpc) is 2.93. The van der Waals surface area contributed by atoms with Gasteiger partial charge in [-0.2, -0.15) is 0 Å². The summed E-state index contributed by atoms with van der Waals surface area (Å²) >= 11 is 6.31. The zero-order valence-electron chi connectivity index (χ0n) is 15.3. The molecule has 2 aromatic carbocycles. The van der Waals surface area contributed by atoms with E-state index in [9.17, 15) is 4.79 Å². The third-order valence-corrected chi connectivity index (χ3v) is 5.06. The fraction of sp³-hybridized carbons (Fsp3) is 0.238. The van der Waals surface area contributed by atoms with Crippen molar-refractivity contribution in [2.45, 2.75) is 20.3 Å². The second kappa shape index (κ2) is 9.06. The molecule has 0 aliphatic carbocycles. The lowest BCUT2D eigenvalue weighted by Crippen LogP contribution is -2.17. The van der Waals surface area contributed by atoms with Crippen molar-refractivity contribution in [1.82, 2.24) is 5.32 Å². The largest absolute Gasteiger partial charge is 0.493 e. The molecule has 6 heteroatoms. The quantitative estimate of drug-likeness (QED) is 0.418. The minimum Gasteiger partial charge on any atom is -0.493 e. The van der Waals surface area contributed by atoms with E-state index >= 15 is 0 Å². The maximum Gasteiger partial charge on any atom is 0.263 e. The van der Waals surface area contributed by atoms with Gasteiger partial charge in [0.2, 0.25) is 0 Å². The number of aryl methyl sites for hydroxylation is 2. The van der Waals surface area contributed by atoms with Gasteiger partial charge in [-0.25, -0.2) is 0 Å². The van der Waals surface area contributed by atoms with Crippen LogP contribution in [0.5, 0.6) is 11.5 Å². The summed E-state index contributed by atoms with van der Waals surface area (Å²) in [6.45, 7) is 5.16. The summed E-state index contributed by atoms with van der Waals surface area (Å²) in [5.41, 5.74) is 3.15. The average molecular weight is 400 g/mol. The van der Waals surface area contributed by atoms with E-state index in [0.717, 1.165) is 29.0 Å². The highest BCUT2D eigenvalue weighted by molar-refractivity contribution is 8.26. The summed E-state index contributed by atoms with van der Waals surface area (Å²) in [5, 5.41) is 2.63. The lowest BCUT2D eigenvalue weighted by Gasteiger charge is -2.11. The summed E-state index contributed by atoms with van der Waals surface area (Å²) in [6.07, 6.45) is 2.59. The summed E-state index contributed by atoms with van der Waals surface area (Å²) < 4.78 is 12.2. The normalized spacial score (nSPS) is 15.1. The van der Waals surface area contributed by atoms with Crippen molar-refractivity contribution in [3.8, 4) is 11.5 Å². The highest BCUT2D eigenvalue weighted by Crippen LogP contribution is 2.30. The lowest BCUT2D eigenvalue weighted by molar-refractivity contribution is -0.115. The van der Waals surface area contributed by atoms with E-state index in [4.69, 9.17) is 21.7 Å². The molecule has 1 fully saturated rings. The minimum absolute atomic E-state index is 0.163. The number of amides is 1. The number of ether oxygens (including phenoxy) is 2. The number of thiocarbonyl (C=S) groups is 1. The molecule has 140 valence electrons. The van der Waals surface area contributed by atoms with Crippen LogP contribution >= 0.6 is 24.0 Å². The molecule has 4 nitrogen and oxygen atoms in total. The third-order valence-electron chi connectivity index (χ3n) is 3.90. The molecule has 3 rings (SSSR count). The molecule has 0 unspecified atom stereocenters. The van der Waals surface area contributed by atoms with Crippen LogP contribution in [0.1, 0.15) is 23.1 Å². The first-order chi connectivity index (χ1) is 13.0. The van der Waals surface area contributed by atoms with Gasteiger partial charge in [-0.15, -0.1) is 0 Å². The van der Waals surface area contributed by atoms with Crippen LogP contribution in [0.25, 0.3) is 6.08 Å². The van der Waals surface area contributed by atoms with Gasteiger partial charge in [-0.1, -0.05) is 47.7 Å². The molecule has 0 radical (unpaired) electrons. The van der Waals surface area contributed by atoms with Crippen LogP contribution in [0.2, 0.25) is 0 Å². The van der Waals surface area contributed by atoms with Crippen LogP contribution in [0.4, 0.5) is 0 Å². The number of carbonyl (C=O) groups excluding carboxylic acids is 1. The van der Waals surface area contributed by atoms with Crippen molar-refractivity contribution in [3.05, 3.63) is 64.1 Å². The van der Waals surface area contributed by atoms with Crippen molar-refractivity contribution in [1.29, 1.82) is 0 Å². The van der Waals surface area contributed by atoms with E-state index in [-0.39, 0.29) is 5.91 Å². The molecular weight excluding hydrogens is 378 g/mol. The van der Waals surface area contributed by atoms with Crippen LogP contribution in [-0.2, 0) is 4.79 Å². The molecule has 0 spiro atoms. The molecule has 1 N–H and O–H groups in total. The van der Waals surface area contributed by atoms with E-state index in [1.165, 1.54) is 17.3 Å². The smallest absolute Gasteiger partial charge is 0.263 e. The molecule has 1 aliphatic heterocycles. The third kappa shape index (κ3) is 5.58. The second-order valence-electron chi connectivity index (χ2n) is 6.26. The summed E-state index contributed by atoms with van der Waals surface area (Å²) in [5.74, 6) is 1.45. The zero-order valence-corrected chi connectivity index (χ0v) is 16.9. The number of nitrogens with one attached hydrogen (secondary N) is 1. The predicted molar refractivity (Wildman–Crippen MR) is 114 cm³/mol. The van der Waals surface area contributed by atoms with Crippen molar-refractivity contribution < 1.29 is 14.3 Å². The van der Waals surface area contributed by atoms with Crippen LogP contribution in [-0.4, -0.2) is 23.4 Å². The van der Waals surface area contributed by atoms with Gasteiger partial charge in [0.1, 0.15) is 15.8 Å². The maximum absolute atomic E-state index is 11.9. The Balaban J connectivity index is 1.58. The van der Waals surface area contributed by atoms with Gasteiger partial charge in [-0.05, 0) is 49.8 Å². The fourth-order valence-electron chi connectivity index (χ4n) is 2.61. The van der Waals surface area contributed by atoms with Gasteiger partial charge in [-0.3, -0.25) is 4.79 Å². The van der Waals surface area contributed by atoms with Gasteiger partial charge in [0.15, 0.2) is 0 Å². The lowest BCUT2D eigenvalue weighted by atomic mass is 10.1. The number of rotatable bonds is 7. The highest BCUT2D eigenvalue weighted by Gasteiger charge is 2.22. The molecule has 0 atom stereocenters. The van der Waals surface area contributed by atoms with Gasteiger partial charge in [0.25, 0.3) is 5.91 Å². The summed E-state index contributed by atoms with van der Waals surface area (Å²) in [6, 6.07) is 13.9. The Labute approximate surface area is 168 Å². The molecule has 0 aromatic heterocycles. The SMILES string of the molecule is Cc1cccc(OCCCOc2ccc(C)cc2C=C2SC(=S)NC2=O)c1. The first-order valence-corrected chi connectivity index (χ1v) is 9.91. The van der Waals surface area contributed by atoms with E-state index in [1.807, 2.05) is 62.4 Å². The number of thioether (sulfide) groups is 1. The zero-order chi connectivity index (χ0) is 19.2. The Kier molecular flexibility index (Phi) is 6.53. The van der Waals surface area contributed by atoms with Crippen molar-refractivity contribution >= 4 is 40.3 Å². The molecule has 0 bridgehead atoms. The molecule has 1 aliphatic rings. The molecule has 1 amide bonds. The van der Waals surface area contributed by atoms with Crippen LogP contribution in [0, 0.1) is 13.8 Å². The Morgan fingerprint density at radius 3 is 2.59 bits per heavy atom. The minimum atomic E-state index is -0.163. The Bertz CT molecular complexity index is 893. The van der Waals surface area contributed by atoms with Crippen LogP contribution in [0.3, 0.4) is 0 Å². The van der Waals surface area contributed by atoms with E-state index < -0.39 is 0 Å². The van der Waals surface area contributed by atoms with E-state index in [2.05, 4.69) is 5.32 Å². The van der Waals surface area contributed by atoms with Crippen molar-refractivity contribution in [3.63, 3.8) is 0 Å². The first-order valence-electron chi connectivity index (χ1n) is 8.69. The summed E-state index contributed by atoms with van der Waals surface area (Å²) in [4.78, 5) is 12.5. The Morgan fingerprint density at radius 1 is 1.07 bits per heavy atom. The molecule has 1 heterocycles.